The largest absolute Gasteiger partial charge is 0.485 e. The molecule has 19 heavy (non-hydrogen) atoms. The zero-order chi connectivity index (χ0) is 13.8. The van der Waals surface area contributed by atoms with E-state index >= 15 is 0 Å². The van der Waals surface area contributed by atoms with E-state index in [0.717, 1.165) is 5.56 Å². The Morgan fingerprint density at radius 3 is 2.63 bits per heavy atom. The summed E-state index contributed by atoms with van der Waals surface area (Å²) in [6.45, 7) is 4.10. The molecule has 0 saturated heterocycles. The lowest BCUT2D eigenvalue weighted by Gasteiger charge is -2.11. The van der Waals surface area contributed by atoms with E-state index in [-0.39, 0.29) is 16.6 Å². The Morgan fingerprint density at radius 2 is 2.00 bits per heavy atom. The molecular formula is C14H15ClN2O2. The van der Waals surface area contributed by atoms with Crippen molar-refractivity contribution in [2.45, 2.75) is 26.5 Å². The second-order valence-electron chi connectivity index (χ2n) is 4.44. The number of hydrogen-bond donors (Lipinski definition) is 0. The molecule has 0 aliphatic rings. The molecule has 0 aliphatic carbocycles. The number of rotatable bonds is 4. The molecule has 100 valence electrons. The Kier molecular flexibility index (Phi) is 4.22. The topological polar surface area (TPSA) is 44.1 Å². The molecule has 2 aromatic rings. The maximum atomic E-state index is 11.9. The summed E-state index contributed by atoms with van der Waals surface area (Å²) in [5.41, 5.74) is 0.675. The van der Waals surface area contributed by atoms with Crippen LogP contribution in [0.15, 0.2) is 41.3 Å². The summed E-state index contributed by atoms with van der Waals surface area (Å²) in [6, 6.07) is 9.63. The number of ether oxygens (including phenoxy) is 1. The first-order valence-corrected chi connectivity index (χ1v) is 6.41. The van der Waals surface area contributed by atoms with Crippen LogP contribution >= 0.6 is 11.6 Å². The molecule has 1 aromatic heterocycles. The molecule has 0 bridgehead atoms. The van der Waals surface area contributed by atoms with Crippen LogP contribution in [0.4, 0.5) is 0 Å². The minimum atomic E-state index is -0.331. The zero-order valence-electron chi connectivity index (χ0n) is 10.8. The molecule has 0 saturated carbocycles. The number of nitrogens with zero attached hydrogens (tertiary/aromatic N) is 2. The van der Waals surface area contributed by atoms with Crippen molar-refractivity contribution in [1.82, 2.24) is 9.78 Å². The third-order valence-corrected chi connectivity index (χ3v) is 2.99. The molecule has 4 nitrogen and oxygen atoms in total. The molecule has 0 fully saturated rings. The lowest BCUT2D eigenvalue weighted by molar-refractivity contribution is 0.301. The van der Waals surface area contributed by atoms with Gasteiger partial charge in [-0.2, -0.15) is 5.10 Å². The second-order valence-corrected chi connectivity index (χ2v) is 4.82. The molecule has 1 heterocycles. The first-order valence-electron chi connectivity index (χ1n) is 6.03. The molecular weight excluding hydrogens is 264 g/mol. The molecule has 0 N–H and O–H groups in total. The minimum Gasteiger partial charge on any atom is -0.485 e. The Balaban J connectivity index is 2.18. The van der Waals surface area contributed by atoms with Crippen LogP contribution in [-0.4, -0.2) is 9.78 Å². The quantitative estimate of drug-likeness (QED) is 0.863. The highest BCUT2D eigenvalue weighted by Gasteiger charge is 2.12. The summed E-state index contributed by atoms with van der Waals surface area (Å²) in [7, 11) is 0. The fourth-order valence-electron chi connectivity index (χ4n) is 1.63. The summed E-state index contributed by atoms with van der Waals surface area (Å²) in [4.78, 5) is 11.9. The molecule has 0 unspecified atom stereocenters. The highest BCUT2D eigenvalue weighted by atomic mass is 35.5. The van der Waals surface area contributed by atoms with Crippen molar-refractivity contribution in [3.63, 3.8) is 0 Å². The van der Waals surface area contributed by atoms with Crippen molar-refractivity contribution in [3.05, 3.63) is 57.5 Å². The minimum absolute atomic E-state index is 0.0341. The van der Waals surface area contributed by atoms with Crippen LogP contribution in [0, 0.1) is 0 Å². The van der Waals surface area contributed by atoms with E-state index in [0.29, 0.717) is 12.4 Å². The van der Waals surface area contributed by atoms with Gasteiger partial charge in [-0.05, 0) is 19.4 Å². The fraction of sp³-hybridized carbons (Fsp3) is 0.286. The predicted molar refractivity (Wildman–Crippen MR) is 74.7 cm³/mol. The number of hydrogen-bond acceptors (Lipinski definition) is 3. The smallest absolute Gasteiger partial charge is 0.289 e. The molecule has 0 spiro atoms. The summed E-state index contributed by atoms with van der Waals surface area (Å²) < 4.78 is 6.86. The Hall–Kier alpha value is -1.81. The van der Waals surface area contributed by atoms with E-state index in [2.05, 4.69) is 5.10 Å². The van der Waals surface area contributed by atoms with Gasteiger partial charge in [0.2, 0.25) is 0 Å². The molecule has 2 rings (SSSR count). The van der Waals surface area contributed by atoms with E-state index in [4.69, 9.17) is 16.3 Å². The van der Waals surface area contributed by atoms with Gasteiger partial charge < -0.3 is 4.74 Å². The van der Waals surface area contributed by atoms with E-state index in [1.165, 1.54) is 10.9 Å². The van der Waals surface area contributed by atoms with Gasteiger partial charge in [0.25, 0.3) is 5.56 Å². The summed E-state index contributed by atoms with van der Waals surface area (Å²) >= 11 is 6.01. The molecule has 1 aromatic carbocycles. The van der Waals surface area contributed by atoms with Crippen molar-refractivity contribution in [2.24, 2.45) is 0 Å². The van der Waals surface area contributed by atoms with E-state index in [9.17, 15) is 4.79 Å². The highest BCUT2D eigenvalue weighted by molar-refractivity contribution is 6.31. The maximum absolute atomic E-state index is 11.9. The van der Waals surface area contributed by atoms with Crippen LogP contribution in [-0.2, 0) is 6.61 Å². The van der Waals surface area contributed by atoms with Crippen LogP contribution in [0.1, 0.15) is 25.5 Å². The van der Waals surface area contributed by atoms with Crippen molar-refractivity contribution < 1.29 is 4.74 Å². The number of aromatic nitrogens is 2. The van der Waals surface area contributed by atoms with Gasteiger partial charge in [0.05, 0.1) is 12.2 Å². The third kappa shape index (κ3) is 3.15. The van der Waals surface area contributed by atoms with E-state index < -0.39 is 0 Å². The molecule has 5 heteroatoms. The van der Waals surface area contributed by atoms with Crippen LogP contribution in [0.5, 0.6) is 5.75 Å². The first-order chi connectivity index (χ1) is 9.09. The summed E-state index contributed by atoms with van der Waals surface area (Å²) in [5.74, 6) is 0.312. The summed E-state index contributed by atoms with van der Waals surface area (Å²) in [5, 5.41) is 4.11. The second kappa shape index (κ2) is 5.89. The van der Waals surface area contributed by atoms with Gasteiger partial charge in [-0.25, -0.2) is 4.68 Å². The SMILES string of the molecule is CC(C)n1ncc(OCc2ccccc2)c(Cl)c1=O. The van der Waals surface area contributed by atoms with Gasteiger partial charge in [0.1, 0.15) is 6.61 Å². The lowest BCUT2D eigenvalue weighted by Crippen LogP contribution is -2.25. The monoisotopic (exact) mass is 278 g/mol. The first kappa shape index (κ1) is 13.6. The van der Waals surface area contributed by atoms with Gasteiger partial charge >= 0.3 is 0 Å². The number of benzene rings is 1. The van der Waals surface area contributed by atoms with Crippen LogP contribution in [0.25, 0.3) is 0 Å². The Labute approximate surface area is 116 Å². The average molecular weight is 279 g/mol. The van der Waals surface area contributed by atoms with Crippen LogP contribution in [0.2, 0.25) is 5.02 Å². The Morgan fingerprint density at radius 1 is 1.32 bits per heavy atom. The zero-order valence-corrected chi connectivity index (χ0v) is 11.6. The van der Waals surface area contributed by atoms with Gasteiger partial charge in [0, 0.05) is 0 Å². The van der Waals surface area contributed by atoms with Crippen LogP contribution < -0.4 is 10.3 Å². The van der Waals surface area contributed by atoms with Crippen molar-refractivity contribution in [3.8, 4) is 5.75 Å². The summed E-state index contributed by atoms with van der Waals surface area (Å²) in [6.07, 6.45) is 1.48. The van der Waals surface area contributed by atoms with Crippen LogP contribution in [0.3, 0.4) is 0 Å². The van der Waals surface area contributed by atoms with Crippen molar-refractivity contribution >= 4 is 11.6 Å². The predicted octanol–water partition coefficient (Wildman–Crippen LogP) is 3.06. The third-order valence-electron chi connectivity index (χ3n) is 2.64. The van der Waals surface area contributed by atoms with E-state index in [1.54, 1.807) is 0 Å². The van der Waals surface area contributed by atoms with Gasteiger partial charge in [-0.3, -0.25) is 4.79 Å². The average Bonchev–Trinajstić information content (AvgIpc) is 2.41. The molecule has 0 atom stereocenters. The Bertz CT molecular complexity index is 609. The van der Waals surface area contributed by atoms with Gasteiger partial charge in [-0.15, -0.1) is 0 Å². The maximum Gasteiger partial charge on any atom is 0.289 e. The lowest BCUT2D eigenvalue weighted by atomic mass is 10.2. The molecule has 0 aliphatic heterocycles. The van der Waals surface area contributed by atoms with Crippen molar-refractivity contribution in [2.75, 3.05) is 0 Å². The van der Waals surface area contributed by atoms with Gasteiger partial charge in [0.15, 0.2) is 10.8 Å². The normalized spacial score (nSPS) is 10.7. The van der Waals surface area contributed by atoms with E-state index in [1.807, 2.05) is 44.2 Å². The highest BCUT2D eigenvalue weighted by Crippen LogP contribution is 2.20. The standard InChI is InChI=1S/C14H15ClN2O2/c1-10(2)17-14(18)13(15)12(8-16-17)19-9-11-6-4-3-5-7-11/h3-8,10H,9H2,1-2H3. The molecule has 0 amide bonds. The van der Waals surface area contributed by atoms with Gasteiger partial charge in [-0.1, -0.05) is 41.9 Å². The van der Waals surface area contributed by atoms with Crippen molar-refractivity contribution in [1.29, 1.82) is 0 Å². The fourth-order valence-corrected chi connectivity index (χ4v) is 1.82. The molecule has 0 radical (unpaired) electrons. The number of halogens is 1.